The highest BCUT2D eigenvalue weighted by atomic mass is 32.1. The minimum Gasteiger partial charge on any atom is -0.489 e. The Morgan fingerprint density at radius 1 is 1.12 bits per heavy atom. The van der Waals surface area contributed by atoms with Crippen molar-refractivity contribution >= 4 is 45.8 Å². The van der Waals surface area contributed by atoms with E-state index in [1.54, 1.807) is 17.5 Å². The van der Waals surface area contributed by atoms with E-state index < -0.39 is 41.3 Å². The van der Waals surface area contributed by atoms with Crippen LogP contribution in [0, 0.1) is 11.6 Å². The number of thiazole rings is 1. The molecule has 0 aliphatic carbocycles. The fourth-order valence-corrected chi connectivity index (χ4v) is 7.06. The standard InChI is InChI=1S/C34H38F2N8O6S/c35-23-7-6-21(25-19-51-34(40-25)42-13-16-49-17-14-42)30(29(23)36)50-15-10-20(18-37)43(38)12-2-1-11-39-24-5-3-4-22-28(24)33(48)44(32(22)47)26-8-9-27(45)41-31(26)46/h3-7,18-19,26,39H,1-2,8-17,37-38H2,(H,41,45,46)/b20-18-. The zero-order chi connectivity index (χ0) is 36.1. The van der Waals surface area contributed by atoms with Crippen molar-refractivity contribution in [1.82, 2.24) is 20.2 Å². The van der Waals surface area contributed by atoms with Crippen LogP contribution in [0.1, 0.15) is 52.8 Å². The van der Waals surface area contributed by atoms with E-state index in [-0.39, 0.29) is 42.7 Å². The number of fused-ring (bicyclic) bond motifs is 1. The summed E-state index contributed by atoms with van der Waals surface area (Å²) in [5.74, 6) is 1.62. The number of hydrogen-bond donors (Lipinski definition) is 4. The van der Waals surface area contributed by atoms with Crippen molar-refractivity contribution in [3.05, 3.63) is 70.4 Å². The van der Waals surface area contributed by atoms with Crippen molar-refractivity contribution in [2.24, 2.45) is 11.6 Å². The quantitative estimate of drug-likeness (QED) is 0.0826. The summed E-state index contributed by atoms with van der Waals surface area (Å²) in [5, 5.41) is 9.40. The number of nitrogens with two attached hydrogens (primary N) is 2. The highest BCUT2D eigenvalue weighted by molar-refractivity contribution is 7.14. The van der Waals surface area contributed by atoms with Gasteiger partial charge in [0.1, 0.15) is 6.04 Å². The highest BCUT2D eigenvalue weighted by Gasteiger charge is 2.45. The third-order valence-electron chi connectivity index (χ3n) is 8.87. The van der Waals surface area contributed by atoms with Gasteiger partial charge in [0.2, 0.25) is 17.6 Å². The number of unbranched alkanes of at least 4 members (excludes halogenated alkanes) is 1. The first-order valence-electron chi connectivity index (χ1n) is 16.6. The first kappa shape index (κ1) is 35.7. The van der Waals surface area contributed by atoms with Gasteiger partial charge >= 0.3 is 0 Å². The van der Waals surface area contributed by atoms with E-state index in [1.165, 1.54) is 34.7 Å². The van der Waals surface area contributed by atoms with Gasteiger partial charge in [0.25, 0.3) is 11.8 Å². The molecule has 4 amide bonds. The van der Waals surface area contributed by atoms with E-state index in [9.17, 15) is 28.0 Å². The maximum Gasteiger partial charge on any atom is 0.264 e. The topological polar surface area (TPSA) is 185 Å². The van der Waals surface area contributed by atoms with Crippen LogP contribution in [-0.2, 0) is 14.3 Å². The first-order chi connectivity index (χ1) is 24.7. The number of morpholine rings is 1. The monoisotopic (exact) mass is 724 g/mol. The Balaban J connectivity index is 0.991. The molecule has 0 radical (unpaired) electrons. The van der Waals surface area contributed by atoms with Gasteiger partial charge in [-0.2, -0.15) is 4.39 Å². The number of imide groups is 2. The molecule has 1 aromatic heterocycles. The van der Waals surface area contributed by atoms with Crippen LogP contribution in [0.15, 0.2) is 47.6 Å². The molecule has 2 fully saturated rings. The Kier molecular flexibility index (Phi) is 11.1. The molecule has 270 valence electrons. The lowest BCUT2D eigenvalue weighted by molar-refractivity contribution is -0.136. The second kappa shape index (κ2) is 15.8. The zero-order valence-electron chi connectivity index (χ0n) is 27.7. The number of nitrogens with zero attached hydrogens (tertiary/aromatic N) is 4. The third-order valence-corrected chi connectivity index (χ3v) is 9.78. The Hall–Kier alpha value is -5.13. The summed E-state index contributed by atoms with van der Waals surface area (Å²) in [6.07, 6.45) is 2.91. The molecule has 0 bridgehead atoms. The minimum atomic E-state index is -1.11. The number of benzene rings is 2. The molecule has 2 saturated heterocycles. The van der Waals surface area contributed by atoms with E-state index in [2.05, 4.69) is 20.5 Å². The normalized spacial score (nSPS) is 17.9. The van der Waals surface area contributed by atoms with Gasteiger partial charge in [-0.25, -0.2) is 15.2 Å². The molecule has 2 aromatic carbocycles. The van der Waals surface area contributed by atoms with Gasteiger partial charge in [0, 0.05) is 67.5 Å². The van der Waals surface area contributed by atoms with Crippen LogP contribution >= 0.6 is 11.3 Å². The number of amides is 4. The molecule has 4 heterocycles. The summed E-state index contributed by atoms with van der Waals surface area (Å²) in [4.78, 5) is 58.0. The number of hydrogen-bond acceptors (Lipinski definition) is 13. The van der Waals surface area contributed by atoms with Crippen LogP contribution in [0.3, 0.4) is 0 Å². The molecule has 51 heavy (non-hydrogen) atoms. The van der Waals surface area contributed by atoms with Crippen LogP contribution in [-0.4, -0.2) is 90.6 Å². The molecule has 3 aromatic rings. The average molecular weight is 725 g/mol. The minimum absolute atomic E-state index is 0.0339. The number of piperidine rings is 1. The van der Waals surface area contributed by atoms with Gasteiger partial charge in [0.15, 0.2) is 16.7 Å². The molecular weight excluding hydrogens is 686 g/mol. The number of aromatic nitrogens is 1. The van der Waals surface area contributed by atoms with Crippen LogP contribution in [0.25, 0.3) is 11.3 Å². The van der Waals surface area contributed by atoms with E-state index in [0.29, 0.717) is 74.9 Å². The lowest BCUT2D eigenvalue weighted by atomic mass is 10.0. The summed E-state index contributed by atoms with van der Waals surface area (Å²) in [6, 6.07) is 6.32. The van der Waals surface area contributed by atoms with Gasteiger partial charge in [0.05, 0.1) is 36.6 Å². The fraction of sp³-hybridized carbons (Fsp3) is 0.382. The van der Waals surface area contributed by atoms with E-state index in [1.807, 2.05) is 0 Å². The Morgan fingerprint density at radius 2 is 1.92 bits per heavy atom. The van der Waals surface area contributed by atoms with Crippen molar-refractivity contribution in [2.75, 3.05) is 56.2 Å². The maximum atomic E-state index is 15.0. The fourth-order valence-electron chi connectivity index (χ4n) is 6.18. The number of rotatable bonds is 14. The van der Waals surface area contributed by atoms with Crippen molar-refractivity contribution in [1.29, 1.82) is 0 Å². The summed E-state index contributed by atoms with van der Waals surface area (Å²) in [6.45, 7) is 3.39. The van der Waals surface area contributed by atoms with Gasteiger partial charge < -0.3 is 30.4 Å². The second-order valence-electron chi connectivity index (χ2n) is 12.1. The molecule has 6 rings (SSSR count). The zero-order valence-corrected chi connectivity index (χ0v) is 28.5. The van der Waals surface area contributed by atoms with Crippen LogP contribution in [0.5, 0.6) is 5.75 Å². The number of ether oxygens (including phenoxy) is 2. The molecule has 0 saturated carbocycles. The van der Waals surface area contributed by atoms with E-state index in [0.717, 1.165) is 16.1 Å². The van der Waals surface area contributed by atoms with Gasteiger partial charge in [-0.15, -0.1) is 11.3 Å². The lowest BCUT2D eigenvalue weighted by Crippen LogP contribution is -2.54. The van der Waals surface area contributed by atoms with Gasteiger partial charge in [-0.3, -0.25) is 29.4 Å². The van der Waals surface area contributed by atoms with E-state index >= 15 is 0 Å². The molecule has 1 unspecified atom stereocenters. The summed E-state index contributed by atoms with van der Waals surface area (Å²) in [7, 11) is 0. The molecule has 3 aliphatic heterocycles. The number of carbonyl (C=O) groups excluding carboxylic acids is 4. The molecule has 1 atom stereocenters. The molecular formula is C34H38F2N8O6S. The van der Waals surface area contributed by atoms with Crippen molar-refractivity contribution in [3.63, 3.8) is 0 Å². The lowest BCUT2D eigenvalue weighted by Gasteiger charge is -2.27. The molecule has 14 nitrogen and oxygen atoms in total. The molecule has 6 N–H and O–H groups in total. The molecule has 17 heteroatoms. The number of carbonyl (C=O) groups is 4. The third kappa shape index (κ3) is 7.64. The Morgan fingerprint density at radius 3 is 2.69 bits per heavy atom. The SMILES string of the molecule is N/C=C(/CCOc1c(-c2csc(N3CCOCC3)n2)ccc(F)c1F)N(N)CCCCNc1cccc2c1C(=O)N(C1CCC(=O)NC1=O)C2=O. The van der Waals surface area contributed by atoms with Crippen LogP contribution in [0.2, 0.25) is 0 Å². The number of hydrazine groups is 1. The summed E-state index contributed by atoms with van der Waals surface area (Å²) >= 11 is 1.41. The Bertz CT molecular complexity index is 1850. The second-order valence-corrected chi connectivity index (χ2v) is 12.9. The molecule has 0 spiro atoms. The van der Waals surface area contributed by atoms with Gasteiger partial charge in [-0.1, -0.05) is 6.07 Å². The van der Waals surface area contributed by atoms with Crippen molar-refractivity contribution in [2.45, 2.75) is 38.1 Å². The van der Waals surface area contributed by atoms with Crippen LogP contribution in [0.4, 0.5) is 19.6 Å². The van der Waals surface area contributed by atoms with Crippen molar-refractivity contribution < 1.29 is 37.4 Å². The largest absolute Gasteiger partial charge is 0.489 e. The van der Waals surface area contributed by atoms with E-state index in [4.69, 9.17) is 21.1 Å². The Labute approximate surface area is 296 Å². The number of anilines is 2. The summed E-state index contributed by atoms with van der Waals surface area (Å²) < 4.78 is 40.4. The van der Waals surface area contributed by atoms with Crippen molar-refractivity contribution in [3.8, 4) is 17.0 Å². The smallest absolute Gasteiger partial charge is 0.264 e. The van der Waals surface area contributed by atoms with Crippen LogP contribution < -0.4 is 31.8 Å². The number of nitrogens with one attached hydrogen (secondary N) is 2. The molecule has 3 aliphatic rings. The summed E-state index contributed by atoms with van der Waals surface area (Å²) in [5.41, 5.74) is 8.03. The first-order valence-corrected chi connectivity index (χ1v) is 17.5. The van der Waals surface area contributed by atoms with Gasteiger partial charge in [-0.05, 0) is 43.5 Å². The highest BCUT2D eigenvalue weighted by Crippen LogP contribution is 2.37. The predicted molar refractivity (Wildman–Crippen MR) is 185 cm³/mol. The predicted octanol–water partition coefficient (Wildman–Crippen LogP) is 2.96. The number of halogens is 2. The maximum absolute atomic E-state index is 15.0. The average Bonchev–Trinajstić information content (AvgIpc) is 3.72.